The van der Waals surface area contributed by atoms with E-state index >= 15 is 0 Å². The highest BCUT2D eigenvalue weighted by Crippen LogP contribution is 2.46. The van der Waals surface area contributed by atoms with Crippen molar-refractivity contribution in [3.8, 4) is 0 Å². The highest BCUT2D eigenvalue weighted by molar-refractivity contribution is 5.56. The molecule has 0 saturated heterocycles. The Bertz CT molecular complexity index is 609. The van der Waals surface area contributed by atoms with E-state index in [0.717, 1.165) is 0 Å². The summed E-state index contributed by atoms with van der Waals surface area (Å²) >= 11 is 0. The largest absolute Gasteiger partial charge is 0.326 e. The van der Waals surface area contributed by atoms with E-state index in [-0.39, 0.29) is 10.8 Å². The first-order valence-electron chi connectivity index (χ1n) is 8.47. The van der Waals surface area contributed by atoms with Crippen molar-refractivity contribution in [2.45, 2.75) is 54.0 Å². The fourth-order valence-electron chi connectivity index (χ4n) is 3.23. The lowest BCUT2D eigenvalue weighted by Crippen LogP contribution is -2.22. The lowest BCUT2D eigenvalue weighted by atomic mass is 9.68. The summed E-state index contributed by atoms with van der Waals surface area (Å²) in [6.45, 7) is 18.6. The fourth-order valence-corrected chi connectivity index (χ4v) is 3.23. The topological polar surface area (TPSA) is 26.0 Å². The predicted octanol–water partition coefficient (Wildman–Crippen LogP) is 5.74. The van der Waals surface area contributed by atoms with E-state index in [1.165, 1.54) is 27.8 Å². The van der Waals surface area contributed by atoms with Gasteiger partial charge in [0.1, 0.15) is 0 Å². The number of allylic oxidation sites excluding steroid dienone is 5. The molecular weight excluding hydrogens is 278 g/mol. The zero-order valence-electron chi connectivity index (χ0n) is 15.5. The van der Waals surface area contributed by atoms with Crippen molar-refractivity contribution in [1.82, 2.24) is 0 Å². The van der Waals surface area contributed by atoms with E-state index in [9.17, 15) is 0 Å². The second kappa shape index (κ2) is 6.13. The molecule has 0 unspecified atom stereocenters. The van der Waals surface area contributed by atoms with Crippen LogP contribution in [0.5, 0.6) is 0 Å². The molecule has 1 aromatic rings. The van der Waals surface area contributed by atoms with E-state index in [2.05, 4.69) is 84.5 Å². The Kier molecular flexibility index (Phi) is 4.73. The van der Waals surface area contributed by atoms with Crippen LogP contribution in [0, 0.1) is 10.8 Å². The van der Waals surface area contributed by atoms with Crippen LogP contribution < -0.4 is 5.73 Å². The predicted molar refractivity (Wildman–Crippen MR) is 101 cm³/mol. The molecule has 0 spiro atoms. The molecule has 124 valence electrons. The number of hydrogen-bond acceptors (Lipinski definition) is 1. The van der Waals surface area contributed by atoms with Gasteiger partial charge in [-0.15, -0.1) is 0 Å². The van der Waals surface area contributed by atoms with E-state index < -0.39 is 0 Å². The Morgan fingerprint density at radius 3 is 1.65 bits per heavy atom. The van der Waals surface area contributed by atoms with Crippen molar-refractivity contribution in [3.05, 3.63) is 70.8 Å². The van der Waals surface area contributed by atoms with Gasteiger partial charge in [0.15, 0.2) is 0 Å². The Hall–Kier alpha value is -1.60. The molecule has 1 nitrogen and oxygen atoms in total. The Balaban J connectivity index is 2.52. The van der Waals surface area contributed by atoms with Crippen LogP contribution in [0.15, 0.2) is 59.7 Å². The molecule has 0 atom stereocenters. The van der Waals surface area contributed by atoms with Crippen LogP contribution in [-0.2, 0) is 6.54 Å². The summed E-state index contributed by atoms with van der Waals surface area (Å²) in [6, 6.07) is 8.67. The minimum absolute atomic E-state index is 0.0945. The van der Waals surface area contributed by atoms with Crippen LogP contribution in [0.25, 0.3) is 0 Å². The van der Waals surface area contributed by atoms with Gasteiger partial charge in [-0.1, -0.05) is 84.5 Å². The third-order valence-corrected chi connectivity index (χ3v) is 4.56. The van der Waals surface area contributed by atoms with E-state index in [4.69, 9.17) is 5.73 Å². The maximum Gasteiger partial charge on any atom is 0.0210 e. The zero-order valence-corrected chi connectivity index (χ0v) is 15.5. The Morgan fingerprint density at radius 2 is 1.30 bits per heavy atom. The van der Waals surface area contributed by atoms with Gasteiger partial charge in [-0.25, -0.2) is 0 Å². The molecule has 0 radical (unpaired) electrons. The zero-order chi connectivity index (χ0) is 17.4. The summed E-state index contributed by atoms with van der Waals surface area (Å²) in [7, 11) is 0. The van der Waals surface area contributed by atoms with Crippen molar-refractivity contribution in [1.29, 1.82) is 0 Å². The second-order valence-electron chi connectivity index (χ2n) is 8.61. The van der Waals surface area contributed by atoms with Crippen molar-refractivity contribution >= 4 is 0 Å². The average molecular weight is 309 g/mol. The first kappa shape index (κ1) is 17.7. The lowest BCUT2D eigenvalue weighted by Gasteiger charge is -2.36. The molecule has 1 aliphatic carbocycles. The molecule has 2 rings (SSSR count). The normalized spacial score (nSPS) is 17.1. The SMILES string of the molecule is C=C1C(C(C)(C)C)=CC(c2ccc(CN)cc2)C=C1C(C)(C)C. The maximum absolute atomic E-state index is 5.72. The van der Waals surface area contributed by atoms with Gasteiger partial charge in [0.05, 0.1) is 0 Å². The van der Waals surface area contributed by atoms with E-state index in [0.29, 0.717) is 12.5 Å². The minimum Gasteiger partial charge on any atom is -0.326 e. The molecule has 0 amide bonds. The third-order valence-electron chi connectivity index (χ3n) is 4.56. The summed E-state index contributed by atoms with van der Waals surface area (Å²) in [5.41, 5.74) is 12.3. The van der Waals surface area contributed by atoms with Crippen molar-refractivity contribution in [2.75, 3.05) is 0 Å². The Morgan fingerprint density at radius 1 is 0.870 bits per heavy atom. The molecule has 1 aromatic carbocycles. The molecule has 2 N–H and O–H groups in total. The van der Waals surface area contributed by atoms with Crippen molar-refractivity contribution in [3.63, 3.8) is 0 Å². The van der Waals surface area contributed by atoms with Gasteiger partial charge < -0.3 is 5.73 Å². The fraction of sp³-hybridized carbons (Fsp3) is 0.455. The van der Waals surface area contributed by atoms with Crippen LogP contribution in [0.4, 0.5) is 0 Å². The standard InChI is InChI=1S/C22H31N/c1-15-19(21(2,3)4)12-18(13-20(15)22(5,6)7)17-10-8-16(14-23)9-11-17/h8-13,18H,1,14,23H2,2-7H3. The summed E-state index contributed by atoms with van der Waals surface area (Å²) < 4.78 is 0. The average Bonchev–Trinajstić information content (AvgIpc) is 2.45. The molecule has 0 aliphatic heterocycles. The van der Waals surface area contributed by atoms with Gasteiger partial charge in [0.25, 0.3) is 0 Å². The van der Waals surface area contributed by atoms with Crippen LogP contribution in [0.2, 0.25) is 0 Å². The van der Waals surface area contributed by atoms with Crippen molar-refractivity contribution < 1.29 is 0 Å². The molecule has 0 heterocycles. The Labute approximate surface area is 142 Å². The molecule has 1 heteroatoms. The van der Waals surface area contributed by atoms with Gasteiger partial charge in [-0.05, 0) is 38.7 Å². The van der Waals surface area contributed by atoms with Gasteiger partial charge in [0, 0.05) is 12.5 Å². The molecule has 0 bridgehead atoms. The first-order chi connectivity index (χ1) is 10.5. The van der Waals surface area contributed by atoms with Crippen LogP contribution in [-0.4, -0.2) is 0 Å². The summed E-state index contributed by atoms with van der Waals surface area (Å²) in [5, 5.41) is 0. The second-order valence-corrected chi connectivity index (χ2v) is 8.61. The summed E-state index contributed by atoms with van der Waals surface area (Å²) in [5.74, 6) is 0.302. The maximum atomic E-state index is 5.72. The third kappa shape index (κ3) is 3.84. The van der Waals surface area contributed by atoms with Crippen molar-refractivity contribution in [2.24, 2.45) is 16.6 Å². The number of nitrogens with two attached hydrogens (primary N) is 1. The smallest absolute Gasteiger partial charge is 0.0210 e. The molecule has 0 aromatic heterocycles. The van der Waals surface area contributed by atoms with Gasteiger partial charge in [-0.3, -0.25) is 0 Å². The van der Waals surface area contributed by atoms with Gasteiger partial charge >= 0.3 is 0 Å². The highest BCUT2D eigenvalue weighted by atomic mass is 14.5. The number of benzene rings is 1. The minimum atomic E-state index is 0.0945. The van der Waals surface area contributed by atoms with Gasteiger partial charge in [0.2, 0.25) is 0 Å². The van der Waals surface area contributed by atoms with Crippen LogP contribution >= 0.6 is 0 Å². The van der Waals surface area contributed by atoms with Crippen LogP contribution in [0.1, 0.15) is 58.6 Å². The molecule has 0 fully saturated rings. The lowest BCUT2D eigenvalue weighted by molar-refractivity contribution is 0.475. The number of rotatable bonds is 2. The van der Waals surface area contributed by atoms with E-state index in [1.807, 2.05) is 0 Å². The molecule has 23 heavy (non-hydrogen) atoms. The van der Waals surface area contributed by atoms with Gasteiger partial charge in [-0.2, -0.15) is 0 Å². The first-order valence-corrected chi connectivity index (χ1v) is 8.47. The number of hydrogen-bond donors (Lipinski definition) is 1. The highest BCUT2D eigenvalue weighted by Gasteiger charge is 2.31. The van der Waals surface area contributed by atoms with Crippen LogP contribution in [0.3, 0.4) is 0 Å². The summed E-state index contributed by atoms with van der Waals surface area (Å²) in [6.07, 6.45) is 4.77. The summed E-state index contributed by atoms with van der Waals surface area (Å²) in [4.78, 5) is 0. The van der Waals surface area contributed by atoms with E-state index in [1.54, 1.807) is 0 Å². The monoisotopic (exact) mass is 309 g/mol. The molecule has 1 aliphatic rings. The molecule has 0 saturated carbocycles. The molecular formula is C22H31N. The quantitative estimate of drug-likeness (QED) is 0.740.